The Balaban J connectivity index is 1.63. The Morgan fingerprint density at radius 2 is 2.13 bits per heavy atom. The molecule has 4 nitrogen and oxygen atoms in total. The number of hydrogen-bond donors (Lipinski definition) is 0. The highest BCUT2D eigenvalue weighted by atomic mass is 32.2. The summed E-state index contributed by atoms with van der Waals surface area (Å²) in [5.74, 6) is 0.397. The smallest absolute Gasteiger partial charge is 0.167 e. The fraction of sp³-hybridized carbons (Fsp3) is 0.444. The Hall–Kier alpha value is -1.59. The van der Waals surface area contributed by atoms with Gasteiger partial charge in [-0.15, -0.1) is 11.8 Å². The number of Topliss-reactive ketones (excluding diaryl/α,β-unsaturated/α-hetero) is 1. The third kappa shape index (κ3) is 4.03. The van der Waals surface area contributed by atoms with Crippen molar-refractivity contribution in [1.29, 1.82) is 0 Å². The summed E-state index contributed by atoms with van der Waals surface area (Å²) in [4.78, 5) is 16.3. The molecule has 23 heavy (non-hydrogen) atoms. The van der Waals surface area contributed by atoms with E-state index in [2.05, 4.69) is 10.00 Å². The maximum absolute atomic E-state index is 12.8. The number of nitrogens with zero attached hydrogens (tertiary/aromatic N) is 3. The molecule has 0 aliphatic carbocycles. The predicted molar refractivity (Wildman–Crippen MR) is 93.8 cm³/mol. The van der Waals surface area contributed by atoms with Gasteiger partial charge in [0.2, 0.25) is 0 Å². The van der Waals surface area contributed by atoms with Crippen LogP contribution in [0.2, 0.25) is 0 Å². The van der Waals surface area contributed by atoms with E-state index in [0.717, 1.165) is 38.0 Å². The minimum atomic E-state index is 0.112. The Kier molecular flexibility index (Phi) is 5.18. The summed E-state index contributed by atoms with van der Waals surface area (Å²) in [6.07, 6.45) is 8.08. The molecule has 1 atom stereocenters. The van der Waals surface area contributed by atoms with Gasteiger partial charge in [0.15, 0.2) is 5.78 Å². The van der Waals surface area contributed by atoms with Crippen LogP contribution in [0, 0.1) is 5.92 Å². The predicted octanol–water partition coefficient (Wildman–Crippen LogP) is 3.24. The van der Waals surface area contributed by atoms with E-state index >= 15 is 0 Å². The number of carbonyl (C=O) groups excluding carboxylic acids is 1. The monoisotopic (exact) mass is 329 g/mol. The van der Waals surface area contributed by atoms with Crippen molar-refractivity contribution in [2.24, 2.45) is 13.0 Å². The highest BCUT2D eigenvalue weighted by Gasteiger charge is 2.26. The van der Waals surface area contributed by atoms with Crippen molar-refractivity contribution in [3.8, 4) is 0 Å². The number of thioether (sulfide) groups is 1. The molecule has 2 aromatic rings. The van der Waals surface area contributed by atoms with E-state index in [4.69, 9.17) is 0 Å². The van der Waals surface area contributed by atoms with Gasteiger partial charge in [-0.2, -0.15) is 5.10 Å². The summed E-state index contributed by atoms with van der Waals surface area (Å²) in [5, 5.41) is 4.22. The highest BCUT2D eigenvalue weighted by molar-refractivity contribution is 7.98. The summed E-state index contributed by atoms with van der Waals surface area (Å²) in [5.41, 5.74) is 2.06. The van der Waals surface area contributed by atoms with E-state index in [-0.39, 0.29) is 11.7 Å². The standard InChI is InChI=1S/C18H23N3OS/c1-20-11-14(10-19-20)12-21-9-3-4-16(13-21)18(22)15-5-7-17(23-2)8-6-15/h5-8,10-11,16H,3-4,9,12-13H2,1-2H3. The summed E-state index contributed by atoms with van der Waals surface area (Å²) in [6, 6.07) is 8.00. The Morgan fingerprint density at radius 1 is 1.35 bits per heavy atom. The van der Waals surface area contributed by atoms with E-state index in [1.165, 1.54) is 10.5 Å². The van der Waals surface area contributed by atoms with Crippen molar-refractivity contribution in [3.63, 3.8) is 0 Å². The molecule has 1 fully saturated rings. The van der Waals surface area contributed by atoms with Gasteiger partial charge in [0.1, 0.15) is 0 Å². The Morgan fingerprint density at radius 3 is 2.78 bits per heavy atom. The molecule has 1 aromatic carbocycles. The number of aryl methyl sites for hydroxylation is 1. The van der Waals surface area contributed by atoms with Crippen molar-refractivity contribution >= 4 is 17.5 Å². The average Bonchev–Trinajstić information content (AvgIpc) is 2.99. The Labute approximate surface area is 141 Å². The van der Waals surface area contributed by atoms with Gasteiger partial charge >= 0.3 is 0 Å². The van der Waals surface area contributed by atoms with Crippen molar-refractivity contribution in [1.82, 2.24) is 14.7 Å². The van der Waals surface area contributed by atoms with Crippen molar-refractivity contribution < 1.29 is 4.79 Å². The van der Waals surface area contributed by atoms with Gasteiger partial charge < -0.3 is 0 Å². The lowest BCUT2D eigenvalue weighted by Gasteiger charge is -2.31. The van der Waals surface area contributed by atoms with Gasteiger partial charge in [-0.1, -0.05) is 12.1 Å². The van der Waals surface area contributed by atoms with Crippen LogP contribution in [-0.4, -0.2) is 39.8 Å². The van der Waals surface area contributed by atoms with E-state index in [1.807, 2.05) is 54.6 Å². The highest BCUT2D eigenvalue weighted by Crippen LogP contribution is 2.23. The first-order chi connectivity index (χ1) is 11.2. The average molecular weight is 329 g/mol. The number of likely N-dealkylation sites (tertiary alicyclic amines) is 1. The molecule has 0 radical (unpaired) electrons. The third-order valence-corrected chi connectivity index (χ3v) is 5.16. The van der Waals surface area contributed by atoms with E-state index in [0.29, 0.717) is 0 Å². The molecular formula is C18H23N3OS. The molecule has 0 spiro atoms. The van der Waals surface area contributed by atoms with Crippen molar-refractivity contribution in [3.05, 3.63) is 47.8 Å². The van der Waals surface area contributed by atoms with Crippen LogP contribution < -0.4 is 0 Å². The number of ketones is 1. The minimum absolute atomic E-state index is 0.112. The zero-order valence-corrected chi connectivity index (χ0v) is 14.6. The summed E-state index contributed by atoms with van der Waals surface area (Å²) in [6.45, 7) is 2.78. The van der Waals surface area contributed by atoms with Crippen LogP contribution in [0.15, 0.2) is 41.6 Å². The summed E-state index contributed by atoms with van der Waals surface area (Å²) in [7, 11) is 1.93. The number of piperidine rings is 1. The van der Waals surface area contributed by atoms with Crippen LogP contribution in [0.4, 0.5) is 0 Å². The lowest BCUT2D eigenvalue weighted by atomic mass is 9.90. The molecule has 0 bridgehead atoms. The topological polar surface area (TPSA) is 38.1 Å². The third-order valence-electron chi connectivity index (χ3n) is 4.42. The number of aromatic nitrogens is 2. The first kappa shape index (κ1) is 16.3. The lowest BCUT2D eigenvalue weighted by Crippen LogP contribution is -2.38. The Bertz CT molecular complexity index is 665. The molecule has 122 valence electrons. The first-order valence-electron chi connectivity index (χ1n) is 8.04. The molecule has 1 aromatic heterocycles. The molecule has 1 saturated heterocycles. The molecule has 1 aliphatic rings. The largest absolute Gasteiger partial charge is 0.298 e. The maximum Gasteiger partial charge on any atom is 0.167 e. The normalized spacial score (nSPS) is 19.0. The molecule has 0 amide bonds. The fourth-order valence-electron chi connectivity index (χ4n) is 3.22. The molecule has 3 rings (SSSR count). The lowest BCUT2D eigenvalue weighted by molar-refractivity contribution is 0.0811. The zero-order valence-electron chi connectivity index (χ0n) is 13.7. The summed E-state index contributed by atoms with van der Waals surface area (Å²) >= 11 is 1.70. The van der Waals surface area contributed by atoms with Gasteiger partial charge in [0.05, 0.1) is 6.20 Å². The first-order valence-corrected chi connectivity index (χ1v) is 9.26. The molecule has 0 N–H and O–H groups in total. The van der Waals surface area contributed by atoms with Crippen LogP contribution in [0.1, 0.15) is 28.8 Å². The second-order valence-corrected chi connectivity index (χ2v) is 7.07. The van der Waals surface area contributed by atoms with Crippen LogP contribution in [0.3, 0.4) is 0 Å². The maximum atomic E-state index is 12.8. The van der Waals surface area contributed by atoms with Gasteiger partial charge in [0, 0.05) is 48.3 Å². The SMILES string of the molecule is CSc1ccc(C(=O)C2CCCN(Cc3cnn(C)c3)C2)cc1. The van der Waals surface area contributed by atoms with Crippen LogP contribution in [-0.2, 0) is 13.6 Å². The van der Waals surface area contributed by atoms with Gasteiger partial charge in [-0.3, -0.25) is 14.4 Å². The zero-order chi connectivity index (χ0) is 16.2. The number of carbonyl (C=O) groups is 1. The van der Waals surface area contributed by atoms with Crippen LogP contribution in [0.25, 0.3) is 0 Å². The summed E-state index contributed by atoms with van der Waals surface area (Å²) < 4.78 is 1.83. The number of rotatable bonds is 5. The van der Waals surface area contributed by atoms with Crippen LogP contribution in [0.5, 0.6) is 0 Å². The van der Waals surface area contributed by atoms with E-state index < -0.39 is 0 Å². The quantitative estimate of drug-likeness (QED) is 0.623. The molecule has 1 aliphatic heterocycles. The van der Waals surface area contributed by atoms with Gasteiger partial charge in [0.25, 0.3) is 0 Å². The van der Waals surface area contributed by atoms with Crippen molar-refractivity contribution in [2.75, 3.05) is 19.3 Å². The molecule has 0 saturated carbocycles. The molecule has 1 unspecified atom stereocenters. The second-order valence-electron chi connectivity index (χ2n) is 6.19. The second kappa shape index (κ2) is 7.32. The van der Waals surface area contributed by atoms with E-state index in [1.54, 1.807) is 11.8 Å². The number of hydrogen-bond acceptors (Lipinski definition) is 4. The molecular weight excluding hydrogens is 306 g/mol. The van der Waals surface area contributed by atoms with Gasteiger partial charge in [-0.25, -0.2) is 0 Å². The van der Waals surface area contributed by atoms with E-state index in [9.17, 15) is 4.79 Å². The van der Waals surface area contributed by atoms with Gasteiger partial charge in [-0.05, 0) is 37.8 Å². The van der Waals surface area contributed by atoms with Crippen molar-refractivity contribution in [2.45, 2.75) is 24.3 Å². The number of benzene rings is 1. The molecule has 2 heterocycles. The minimum Gasteiger partial charge on any atom is -0.298 e. The van der Waals surface area contributed by atoms with Crippen LogP contribution >= 0.6 is 11.8 Å². The fourth-order valence-corrected chi connectivity index (χ4v) is 3.62. The molecule has 5 heteroatoms.